The Labute approximate surface area is 139 Å². The molecule has 0 unspecified atom stereocenters. The van der Waals surface area contributed by atoms with Crippen molar-refractivity contribution in [3.8, 4) is 11.1 Å². The van der Waals surface area contributed by atoms with E-state index >= 15 is 0 Å². The summed E-state index contributed by atoms with van der Waals surface area (Å²) in [6.45, 7) is 13.9. The van der Waals surface area contributed by atoms with Gasteiger partial charge in [-0.2, -0.15) is 0 Å². The van der Waals surface area contributed by atoms with E-state index in [1.807, 2.05) is 30.5 Å². The maximum Gasteiger partial charge on any atom is 0.258 e. The van der Waals surface area contributed by atoms with Gasteiger partial charge in [-0.05, 0) is 22.8 Å². The lowest BCUT2D eigenvalue weighted by Crippen LogP contribution is -2.11. The summed E-state index contributed by atoms with van der Waals surface area (Å²) in [5, 5.41) is 0. The van der Waals surface area contributed by atoms with Gasteiger partial charge < -0.3 is 5.73 Å². The highest BCUT2D eigenvalue weighted by atomic mass is 32.2. The Hall–Kier alpha value is -1.77. The van der Waals surface area contributed by atoms with E-state index in [9.17, 15) is 4.79 Å². The van der Waals surface area contributed by atoms with Gasteiger partial charge in [0.15, 0.2) is 0 Å². The standard InChI is InChI=1S/C17H18N2OS2/c1-17(2,3)11-8-6-10(7-9-11)12-13(19-4)16(21-5)22-14(12)15(18)20/h6-9H,1-3,5H3,(H2,18,20). The zero-order chi connectivity index (χ0) is 16.5. The number of nitrogens with zero attached hydrogens (tertiary/aromatic N) is 1. The molecule has 2 rings (SSSR count). The first kappa shape index (κ1) is 16.6. The Morgan fingerprint density at radius 1 is 1.27 bits per heavy atom. The van der Waals surface area contributed by atoms with E-state index < -0.39 is 5.91 Å². The van der Waals surface area contributed by atoms with Crippen LogP contribution in [0.1, 0.15) is 36.0 Å². The molecular weight excluding hydrogens is 312 g/mol. The van der Waals surface area contributed by atoms with Crippen LogP contribution in [-0.4, -0.2) is 12.2 Å². The van der Waals surface area contributed by atoms with Crippen LogP contribution in [0.4, 0.5) is 5.69 Å². The summed E-state index contributed by atoms with van der Waals surface area (Å²) >= 11 is 2.77. The molecule has 114 valence electrons. The Bertz CT molecular complexity index is 747. The van der Waals surface area contributed by atoms with Crippen LogP contribution in [0, 0.1) is 6.57 Å². The number of carbonyl (C=O) groups excluding carboxylic acids is 1. The molecule has 2 N–H and O–H groups in total. The van der Waals surface area contributed by atoms with Gasteiger partial charge >= 0.3 is 0 Å². The second-order valence-corrected chi connectivity index (χ2v) is 8.05. The molecule has 0 bridgehead atoms. The molecule has 0 saturated heterocycles. The third-order valence-corrected chi connectivity index (χ3v) is 5.71. The van der Waals surface area contributed by atoms with E-state index in [1.165, 1.54) is 28.7 Å². The van der Waals surface area contributed by atoms with Crippen LogP contribution in [-0.2, 0) is 5.41 Å². The Morgan fingerprint density at radius 2 is 1.86 bits per heavy atom. The van der Waals surface area contributed by atoms with Gasteiger partial charge in [-0.25, -0.2) is 4.85 Å². The number of benzene rings is 1. The largest absolute Gasteiger partial charge is 0.365 e. The summed E-state index contributed by atoms with van der Waals surface area (Å²) < 4.78 is 0.832. The van der Waals surface area contributed by atoms with Gasteiger partial charge in [0.2, 0.25) is 5.69 Å². The number of carbonyl (C=O) groups is 1. The van der Waals surface area contributed by atoms with Crippen molar-refractivity contribution in [1.29, 1.82) is 0 Å². The molecule has 2 aromatic rings. The quantitative estimate of drug-likeness (QED) is 0.630. The molecule has 3 nitrogen and oxygen atoms in total. The minimum Gasteiger partial charge on any atom is -0.365 e. The third-order valence-electron chi connectivity index (χ3n) is 3.41. The molecule has 0 fully saturated rings. The predicted octanol–water partition coefficient (Wildman–Crippen LogP) is 5.08. The molecular formula is C17H18N2OS2. The Balaban J connectivity index is 2.64. The van der Waals surface area contributed by atoms with Crippen molar-refractivity contribution in [3.63, 3.8) is 0 Å². The predicted molar refractivity (Wildman–Crippen MR) is 95.0 cm³/mol. The van der Waals surface area contributed by atoms with Gasteiger partial charge in [0, 0.05) is 5.56 Å². The van der Waals surface area contributed by atoms with Gasteiger partial charge in [-0.1, -0.05) is 45.0 Å². The van der Waals surface area contributed by atoms with Crippen molar-refractivity contribution in [1.82, 2.24) is 0 Å². The molecule has 0 radical (unpaired) electrons. The van der Waals surface area contributed by atoms with Crippen LogP contribution >= 0.6 is 23.1 Å². The molecule has 0 aliphatic heterocycles. The molecule has 0 saturated carbocycles. The van der Waals surface area contributed by atoms with E-state index in [0.29, 0.717) is 16.1 Å². The number of thioether (sulfide) groups is 1. The summed E-state index contributed by atoms with van der Waals surface area (Å²) in [4.78, 5) is 15.8. The number of nitrogens with two attached hydrogens (primary N) is 1. The van der Waals surface area contributed by atoms with E-state index in [-0.39, 0.29) is 5.41 Å². The summed E-state index contributed by atoms with van der Waals surface area (Å²) in [6, 6.07) is 8.02. The smallest absolute Gasteiger partial charge is 0.258 e. The highest BCUT2D eigenvalue weighted by Gasteiger charge is 2.23. The maximum absolute atomic E-state index is 11.7. The first-order valence-electron chi connectivity index (χ1n) is 6.78. The summed E-state index contributed by atoms with van der Waals surface area (Å²) in [7, 11) is 0. The van der Waals surface area contributed by atoms with Gasteiger partial charge in [0.1, 0.15) is 0 Å². The molecule has 0 atom stereocenters. The van der Waals surface area contributed by atoms with Crippen molar-refractivity contribution in [2.75, 3.05) is 6.26 Å². The van der Waals surface area contributed by atoms with Crippen LogP contribution in [0.15, 0.2) is 28.5 Å². The minimum absolute atomic E-state index is 0.0623. The zero-order valence-electron chi connectivity index (χ0n) is 13.1. The molecule has 1 aromatic carbocycles. The van der Waals surface area contributed by atoms with Crippen LogP contribution in [0.5, 0.6) is 0 Å². The third kappa shape index (κ3) is 3.03. The van der Waals surface area contributed by atoms with Crippen LogP contribution in [0.2, 0.25) is 0 Å². The molecule has 0 aliphatic rings. The van der Waals surface area contributed by atoms with Crippen LogP contribution < -0.4 is 5.73 Å². The van der Waals surface area contributed by atoms with Crippen molar-refractivity contribution in [2.24, 2.45) is 5.73 Å². The highest BCUT2D eigenvalue weighted by molar-refractivity contribution is 8.00. The Kier molecular flexibility index (Phi) is 4.64. The van der Waals surface area contributed by atoms with E-state index in [4.69, 9.17) is 12.3 Å². The van der Waals surface area contributed by atoms with E-state index in [0.717, 1.165) is 9.77 Å². The highest BCUT2D eigenvalue weighted by Crippen LogP contribution is 2.47. The van der Waals surface area contributed by atoms with Gasteiger partial charge in [-0.15, -0.1) is 23.1 Å². The number of primary amides is 1. The average molecular weight is 330 g/mol. The maximum atomic E-state index is 11.7. The van der Waals surface area contributed by atoms with Gasteiger partial charge in [0.25, 0.3) is 5.91 Å². The van der Waals surface area contributed by atoms with Crippen molar-refractivity contribution in [2.45, 2.75) is 30.4 Å². The SMILES string of the molecule is [C-]#[N+]c1c(SC)sc(C(N)=O)c1-c1ccc(C(C)(C)C)cc1. The molecule has 0 aliphatic carbocycles. The lowest BCUT2D eigenvalue weighted by Gasteiger charge is -2.19. The molecule has 1 aromatic heterocycles. The Morgan fingerprint density at radius 3 is 2.27 bits per heavy atom. The van der Waals surface area contributed by atoms with Crippen LogP contribution in [0.3, 0.4) is 0 Å². The van der Waals surface area contributed by atoms with Gasteiger partial charge in [0.05, 0.1) is 15.7 Å². The number of hydrogen-bond acceptors (Lipinski definition) is 3. The number of hydrogen-bond donors (Lipinski definition) is 1. The molecule has 1 amide bonds. The topological polar surface area (TPSA) is 47.5 Å². The fourth-order valence-electron chi connectivity index (χ4n) is 2.22. The second-order valence-electron chi connectivity index (χ2n) is 5.95. The molecule has 1 heterocycles. The number of rotatable bonds is 3. The van der Waals surface area contributed by atoms with E-state index in [1.54, 1.807) is 0 Å². The summed E-state index contributed by atoms with van der Waals surface area (Å²) in [5.74, 6) is -0.481. The minimum atomic E-state index is -0.481. The monoisotopic (exact) mass is 330 g/mol. The summed E-state index contributed by atoms with van der Waals surface area (Å²) in [6.07, 6.45) is 1.90. The first-order chi connectivity index (χ1) is 10.3. The van der Waals surface area contributed by atoms with Crippen molar-refractivity contribution < 1.29 is 4.79 Å². The number of thiophene rings is 1. The second kappa shape index (κ2) is 6.15. The van der Waals surface area contributed by atoms with Crippen molar-refractivity contribution >= 4 is 34.7 Å². The zero-order valence-corrected chi connectivity index (χ0v) is 14.7. The molecule has 22 heavy (non-hydrogen) atoms. The normalized spacial score (nSPS) is 11.2. The molecule has 0 spiro atoms. The average Bonchev–Trinajstić information content (AvgIpc) is 2.85. The van der Waals surface area contributed by atoms with Crippen LogP contribution in [0.25, 0.3) is 16.0 Å². The van der Waals surface area contributed by atoms with Gasteiger partial charge in [-0.3, -0.25) is 4.79 Å². The van der Waals surface area contributed by atoms with E-state index in [2.05, 4.69) is 25.6 Å². The summed E-state index contributed by atoms with van der Waals surface area (Å²) in [5.41, 5.74) is 8.83. The molecule has 5 heteroatoms. The number of amides is 1. The lowest BCUT2D eigenvalue weighted by atomic mass is 9.86. The fraction of sp³-hybridized carbons (Fsp3) is 0.294. The fourth-order valence-corrected chi connectivity index (χ4v) is 3.99. The lowest BCUT2D eigenvalue weighted by molar-refractivity contribution is 0.100. The first-order valence-corrected chi connectivity index (χ1v) is 8.82. The van der Waals surface area contributed by atoms with Crippen molar-refractivity contribution in [3.05, 3.63) is 46.1 Å².